The van der Waals surface area contributed by atoms with Crippen molar-refractivity contribution >= 4 is 11.6 Å². The smallest absolute Gasteiger partial charge is 0.208 e. The van der Waals surface area contributed by atoms with Crippen LogP contribution in [-0.2, 0) is 0 Å². The van der Waals surface area contributed by atoms with E-state index in [4.69, 9.17) is 0 Å². The van der Waals surface area contributed by atoms with Gasteiger partial charge in [0.2, 0.25) is 40.3 Å². The number of aromatic hydroxyl groups is 10. The molecule has 4 rings (SSSR count). The third kappa shape index (κ3) is 4.81. The first-order valence-electron chi connectivity index (χ1n) is 10.5. The van der Waals surface area contributed by atoms with Crippen LogP contribution in [0.2, 0.25) is 0 Å². The molecule has 0 heterocycles. The first kappa shape index (κ1) is 26.8. The van der Waals surface area contributed by atoms with Crippen LogP contribution in [0.3, 0.4) is 0 Å². The van der Waals surface area contributed by atoms with Crippen molar-refractivity contribution in [1.29, 1.82) is 0 Å². The van der Waals surface area contributed by atoms with Crippen LogP contribution in [0, 0.1) is 0 Å². The van der Waals surface area contributed by atoms with Crippen molar-refractivity contribution in [3.8, 4) is 57.5 Å². The van der Waals surface area contributed by atoms with Gasteiger partial charge in [0.15, 0.2) is 23.0 Å². The largest absolute Gasteiger partial charge is 0.507 e. The number of carbonyl (C=O) groups is 2. The number of phenolic OH excluding ortho intramolecular Hbond substituents is 10. The fourth-order valence-corrected chi connectivity index (χ4v) is 3.25. The molecule has 0 fully saturated rings. The molecular weight excluding hydrogens is 504 g/mol. The number of phenols is 10. The van der Waals surface area contributed by atoms with Crippen molar-refractivity contribution in [2.75, 3.05) is 0 Å². The molecule has 0 aliphatic heterocycles. The maximum absolute atomic E-state index is 12.1. The van der Waals surface area contributed by atoms with E-state index < -0.39 is 74.4 Å². The molecule has 0 aliphatic carbocycles. The van der Waals surface area contributed by atoms with Crippen molar-refractivity contribution in [2.24, 2.45) is 0 Å². The second-order valence-corrected chi connectivity index (χ2v) is 7.65. The molecular formula is C26H20O12. The summed E-state index contributed by atoms with van der Waals surface area (Å²) in [5.74, 6) is -10.7. The number of carbonyl (C=O) groups excluding carboxylic acids is 2. The molecule has 0 unspecified atom stereocenters. The Bertz CT molecular complexity index is 1510. The van der Waals surface area contributed by atoms with Gasteiger partial charge in [-0.15, -0.1) is 0 Å². The quantitative estimate of drug-likeness (QED) is 0.105. The fourth-order valence-electron chi connectivity index (χ4n) is 3.25. The Hall–Kier alpha value is -5.78. The zero-order valence-corrected chi connectivity index (χ0v) is 19.1. The molecule has 0 saturated heterocycles. The number of rotatable bonds is 4. The lowest BCUT2D eigenvalue weighted by molar-refractivity contribution is 0.102. The maximum atomic E-state index is 12.1. The summed E-state index contributed by atoms with van der Waals surface area (Å²) in [6.07, 6.45) is 0. The highest BCUT2D eigenvalue weighted by molar-refractivity contribution is 6.14. The van der Waals surface area contributed by atoms with Gasteiger partial charge in [0.1, 0.15) is 11.3 Å². The SMILES string of the molecule is O=C(c1ccccc1)c1c(O)c(O)c(O)c(O)c1O.O=C(c1ccccc1O)c1cc(O)c(O)c(O)c1O. The topological polar surface area (TPSA) is 236 Å². The summed E-state index contributed by atoms with van der Waals surface area (Å²) in [7, 11) is 0. The number of benzene rings is 4. The van der Waals surface area contributed by atoms with E-state index in [2.05, 4.69) is 0 Å². The van der Waals surface area contributed by atoms with Crippen molar-refractivity contribution in [3.05, 3.63) is 82.9 Å². The molecule has 0 amide bonds. The predicted octanol–water partition coefficient (Wildman–Crippen LogP) is 2.89. The van der Waals surface area contributed by atoms with E-state index in [0.717, 1.165) is 6.07 Å². The zero-order valence-electron chi connectivity index (χ0n) is 19.1. The summed E-state index contributed by atoms with van der Waals surface area (Å²) in [5, 5.41) is 94.2. The Morgan fingerprint density at radius 1 is 0.421 bits per heavy atom. The highest BCUT2D eigenvalue weighted by atomic mass is 16.4. The highest BCUT2D eigenvalue weighted by Gasteiger charge is 2.28. The molecule has 196 valence electrons. The summed E-state index contributed by atoms with van der Waals surface area (Å²) in [6, 6.07) is 14.1. The van der Waals surface area contributed by atoms with Gasteiger partial charge in [-0.05, 0) is 18.2 Å². The fraction of sp³-hybridized carbons (Fsp3) is 0. The lowest BCUT2D eigenvalue weighted by atomic mass is 10.00. The molecule has 0 bridgehead atoms. The molecule has 0 radical (unpaired) electrons. The standard InChI is InChI=1S/2C13H10O6/c14-8-4-2-1-3-6(8)10(16)7-5-9(15)12(18)13(19)11(7)17;14-8(6-4-2-1-3-5-6)7-9(15)11(17)13(19)12(18)10(7)16/h1-5,14-15,17-19H;1-5,15-19H. The lowest BCUT2D eigenvalue weighted by Crippen LogP contribution is -2.02. The van der Waals surface area contributed by atoms with Crippen molar-refractivity contribution in [1.82, 2.24) is 0 Å². The zero-order chi connectivity index (χ0) is 28.3. The molecule has 4 aromatic rings. The Kier molecular flexibility index (Phi) is 7.38. The Morgan fingerprint density at radius 2 is 0.895 bits per heavy atom. The first-order chi connectivity index (χ1) is 17.9. The van der Waals surface area contributed by atoms with Gasteiger partial charge in [-0.3, -0.25) is 9.59 Å². The van der Waals surface area contributed by atoms with E-state index in [1.807, 2.05) is 0 Å². The minimum Gasteiger partial charge on any atom is -0.507 e. The highest BCUT2D eigenvalue weighted by Crippen LogP contribution is 2.51. The van der Waals surface area contributed by atoms with Gasteiger partial charge in [0.25, 0.3) is 0 Å². The van der Waals surface area contributed by atoms with Crippen molar-refractivity contribution in [2.45, 2.75) is 0 Å². The van der Waals surface area contributed by atoms with Crippen LogP contribution in [0.15, 0.2) is 60.7 Å². The molecule has 0 spiro atoms. The third-order valence-electron chi connectivity index (χ3n) is 5.25. The van der Waals surface area contributed by atoms with Gasteiger partial charge < -0.3 is 51.1 Å². The van der Waals surface area contributed by atoms with Crippen LogP contribution in [0.1, 0.15) is 31.8 Å². The van der Waals surface area contributed by atoms with Gasteiger partial charge >= 0.3 is 0 Å². The number of ketones is 2. The van der Waals surface area contributed by atoms with Gasteiger partial charge in [0, 0.05) is 5.56 Å². The predicted molar refractivity (Wildman–Crippen MR) is 129 cm³/mol. The average Bonchev–Trinajstić information content (AvgIpc) is 2.92. The third-order valence-corrected chi connectivity index (χ3v) is 5.25. The molecule has 0 atom stereocenters. The van der Waals surface area contributed by atoms with E-state index in [9.17, 15) is 60.7 Å². The van der Waals surface area contributed by atoms with Crippen LogP contribution in [0.4, 0.5) is 0 Å². The van der Waals surface area contributed by atoms with Gasteiger partial charge in [-0.2, -0.15) is 0 Å². The molecule has 12 nitrogen and oxygen atoms in total. The van der Waals surface area contributed by atoms with E-state index >= 15 is 0 Å². The Morgan fingerprint density at radius 3 is 1.45 bits per heavy atom. The molecule has 12 heteroatoms. The minimum atomic E-state index is -1.10. The second-order valence-electron chi connectivity index (χ2n) is 7.65. The van der Waals surface area contributed by atoms with Crippen LogP contribution < -0.4 is 0 Å². The Balaban J connectivity index is 0.000000211. The normalized spacial score (nSPS) is 10.3. The van der Waals surface area contributed by atoms with Gasteiger partial charge in [-0.1, -0.05) is 42.5 Å². The van der Waals surface area contributed by atoms with Crippen LogP contribution >= 0.6 is 0 Å². The number of hydrogen-bond acceptors (Lipinski definition) is 12. The minimum absolute atomic E-state index is 0.109. The maximum Gasteiger partial charge on any atom is 0.208 e. The summed E-state index contributed by atoms with van der Waals surface area (Å²) in [5.41, 5.74) is -1.09. The molecule has 0 saturated carbocycles. The molecule has 0 aromatic heterocycles. The summed E-state index contributed by atoms with van der Waals surface area (Å²) >= 11 is 0. The number of para-hydroxylation sites is 1. The van der Waals surface area contributed by atoms with Crippen LogP contribution in [0.25, 0.3) is 0 Å². The molecule has 0 aliphatic rings. The van der Waals surface area contributed by atoms with Crippen LogP contribution in [0.5, 0.6) is 57.5 Å². The second kappa shape index (κ2) is 10.5. The molecule has 4 aromatic carbocycles. The van der Waals surface area contributed by atoms with E-state index in [0.29, 0.717) is 0 Å². The summed E-state index contributed by atoms with van der Waals surface area (Å²) in [4.78, 5) is 24.2. The number of hydrogen-bond donors (Lipinski definition) is 10. The lowest BCUT2D eigenvalue weighted by Gasteiger charge is -2.11. The van der Waals surface area contributed by atoms with E-state index in [1.54, 1.807) is 18.2 Å². The Labute approximate surface area is 213 Å². The molecule has 10 N–H and O–H groups in total. The first-order valence-corrected chi connectivity index (χ1v) is 10.5. The molecule has 38 heavy (non-hydrogen) atoms. The van der Waals surface area contributed by atoms with Crippen molar-refractivity contribution < 1.29 is 60.7 Å². The summed E-state index contributed by atoms with van der Waals surface area (Å²) in [6.45, 7) is 0. The van der Waals surface area contributed by atoms with Gasteiger partial charge in [-0.25, -0.2) is 0 Å². The van der Waals surface area contributed by atoms with Crippen molar-refractivity contribution in [3.63, 3.8) is 0 Å². The van der Waals surface area contributed by atoms with E-state index in [1.165, 1.54) is 36.4 Å². The van der Waals surface area contributed by atoms with E-state index in [-0.39, 0.29) is 16.9 Å². The average molecular weight is 524 g/mol. The van der Waals surface area contributed by atoms with Crippen LogP contribution in [-0.4, -0.2) is 62.6 Å². The monoisotopic (exact) mass is 524 g/mol. The summed E-state index contributed by atoms with van der Waals surface area (Å²) < 4.78 is 0. The van der Waals surface area contributed by atoms with Gasteiger partial charge in [0.05, 0.1) is 11.1 Å².